The molecule has 1 unspecified atom stereocenters. The lowest BCUT2D eigenvalue weighted by Gasteiger charge is -2.14. The van der Waals surface area contributed by atoms with Gasteiger partial charge in [0.15, 0.2) is 5.78 Å². The third kappa shape index (κ3) is 4.93. The largest absolute Gasteiger partial charge is 0.480 e. The molecule has 0 heterocycles. The number of ketones is 1. The van der Waals surface area contributed by atoms with Crippen LogP contribution in [-0.2, 0) is 14.9 Å². The van der Waals surface area contributed by atoms with Crippen LogP contribution < -0.4 is 5.32 Å². The lowest BCUT2D eigenvalue weighted by Crippen LogP contribution is -2.45. The number of rotatable bonds is 7. The molecule has 0 bridgehead atoms. The average molecular weight is 329 g/mol. The van der Waals surface area contributed by atoms with Crippen molar-refractivity contribution in [2.75, 3.05) is 5.75 Å². The van der Waals surface area contributed by atoms with Crippen LogP contribution in [0, 0.1) is 0 Å². The topological polar surface area (TPSA) is 138 Å². The monoisotopic (exact) mass is 329 g/mol. The van der Waals surface area contributed by atoms with Crippen molar-refractivity contribution in [2.24, 2.45) is 0 Å². The Labute approximate surface area is 126 Å². The normalized spacial score (nSPS) is 12.5. The zero-order valence-electron chi connectivity index (χ0n) is 11.6. The molecule has 0 spiro atoms. The maximum atomic E-state index is 12.1. The van der Waals surface area contributed by atoms with Crippen LogP contribution in [0.25, 0.3) is 0 Å². The molecule has 9 heteroatoms. The lowest BCUT2D eigenvalue weighted by atomic mass is 10.0. The molecule has 0 saturated carbocycles. The first-order valence-electron chi connectivity index (χ1n) is 6.26. The van der Waals surface area contributed by atoms with E-state index in [9.17, 15) is 22.8 Å². The SMILES string of the molecule is CCC(=O)c1ccccc1C(=O)NC(CS(=O)(=O)O)C(=O)O. The van der Waals surface area contributed by atoms with E-state index in [0.29, 0.717) is 0 Å². The van der Waals surface area contributed by atoms with Gasteiger partial charge in [0, 0.05) is 12.0 Å². The Kier molecular flexibility index (Phi) is 5.77. The Morgan fingerprint density at radius 3 is 2.18 bits per heavy atom. The van der Waals surface area contributed by atoms with E-state index in [2.05, 4.69) is 0 Å². The van der Waals surface area contributed by atoms with E-state index in [-0.39, 0.29) is 23.3 Å². The molecule has 22 heavy (non-hydrogen) atoms. The highest BCUT2D eigenvalue weighted by molar-refractivity contribution is 7.85. The minimum absolute atomic E-state index is 0.0593. The number of nitrogens with one attached hydrogen (secondary N) is 1. The van der Waals surface area contributed by atoms with Gasteiger partial charge in [-0.15, -0.1) is 0 Å². The van der Waals surface area contributed by atoms with Gasteiger partial charge in [-0.05, 0) is 6.07 Å². The second-order valence-corrected chi connectivity index (χ2v) is 5.93. The molecule has 0 saturated heterocycles. The van der Waals surface area contributed by atoms with Crippen LogP contribution in [0.3, 0.4) is 0 Å². The number of carboxylic acids is 1. The summed E-state index contributed by atoms with van der Waals surface area (Å²) in [5, 5.41) is 10.9. The van der Waals surface area contributed by atoms with Crippen molar-refractivity contribution in [2.45, 2.75) is 19.4 Å². The van der Waals surface area contributed by atoms with E-state index < -0.39 is 33.8 Å². The van der Waals surface area contributed by atoms with Crippen LogP contribution in [0.5, 0.6) is 0 Å². The second-order valence-electron chi connectivity index (χ2n) is 4.44. The summed E-state index contributed by atoms with van der Waals surface area (Å²) < 4.78 is 30.2. The fourth-order valence-corrected chi connectivity index (χ4v) is 2.38. The van der Waals surface area contributed by atoms with E-state index in [1.165, 1.54) is 18.2 Å². The Balaban J connectivity index is 3.06. The third-order valence-electron chi connectivity index (χ3n) is 2.77. The number of amides is 1. The number of hydrogen-bond acceptors (Lipinski definition) is 5. The summed E-state index contributed by atoms with van der Waals surface area (Å²) in [6.45, 7) is 1.61. The van der Waals surface area contributed by atoms with Crippen LogP contribution in [0.4, 0.5) is 0 Å². The van der Waals surface area contributed by atoms with Crippen LogP contribution in [-0.4, -0.2) is 47.5 Å². The first-order chi connectivity index (χ1) is 10.2. The standard InChI is InChI=1S/C13H15NO7S/c1-2-11(15)8-5-3-4-6-9(8)12(16)14-10(13(17)18)7-22(19,20)21/h3-6,10H,2,7H2,1H3,(H,14,16)(H,17,18)(H,19,20,21). The highest BCUT2D eigenvalue weighted by Crippen LogP contribution is 2.11. The summed E-state index contributed by atoms with van der Waals surface area (Å²) >= 11 is 0. The van der Waals surface area contributed by atoms with Gasteiger partial charge in [-0.2, -0.15) is 8.42 Å². The maximum absolute atomic E-state index is 12.1. The fourth-order valence-electron chi connectivity index (χ4n) is 1.74. The Morgan fingerprint density at radius 2 is 1.73 bits per heavy atom. The van der Waals surface area contributed by atoms with Gasteiger partial charge in [0.1, 0.15) is 11.8 Å². The molecule has 1 rings (SSSR count). The molecule has 8 nitrogen and oxygen atoms in total. The van der Waals surface area contributed by atoms with Crippen molar-refractivity contribution in [1.29, 1.82) is 0 Å². The fraction of sp³-hybridized carbons (Fsp3) is 0.308. The number of hydrogen-bond donors (Lipinski definition) is 3. The first kappa shape index (κ1) is 17.8. The first-order valence-corrected chi connectivity index (χ1v) is 7.87. The highest BCUT2D eigenvalue weighted by atomic mass is 32.2. The number of aliphatic carboxylic acids is 1. The van der Waals surface area contributed by atoms with E-state index in [0.717, 1.165) is 0 Å². The second kappa shape index (κ2) is 7.14. The smallest absolute Gasteiger partial charge is 0.327 e. The van der Waals surface area contributed by atoms with Crippen LogP contribution >= 0.6 is 0 Å². The van der Waals surface area contributed by atoms with E-state index >= 15 is 0 Å². The predicted molar refractivity (Wildman–Crippen MR) is 76.4 cm³/mol. The molecule has 1 aromatic carbocycles. The molecular weight excluding hydrogens is 314 g/mol. The number of carboxylic acid groups (broad SMARTS) is 1. The van der Waals surface area contributed by atoms with Crippen molar-refractivity contribution >= 4 is 27.8 Å². The summed E-state index contributed by atoms with van der Waals surface area (Å²) in [7, 11) is -4.59. The van der Waals surface area contributed by atoms with Crippen molar-refractivity contribution < 1.29 is 32.5 Å². The summed E-state index contributed by atoms with van der Waals surface area (Å²) in [6, 6.07) is 3.95. The molecule has 0 aliphatic rings. The molecule has 0 aliphatic heterocycles. The Hall–Kier alpha value is -2.26. The van der Waals surface area contributed by atoms with Crippen LogP contribution in [0.1, 0.15) is 34.1 Å². The molecule has 1 atom stereocenters. The number of carbonyl (C=O) groups is 3. The average Bonchev–Trinajstić information content (AvgIpc) is 2.44. The van der Waals surface area contributed by atoms with Gasteiger partial charge in [-0.1, -0.05) is 25.1 Å². The number of benzene rings is 1. The molecule has 1 amide bonds. The molecular formula is C13H15NO7S. The molecule has 0 radical (unpaired) electrons. The minimum atomic E-state index is -4.59. The number of carbonyl (C=O) groups excluding carboxylic acids is 2. The zero-order valence-corrected chi connectivity index (χ0v) is 12.5. The van der Waals surface area contributed by atoms with Gasteiger partial charge in [0.2, 0.25) is 0 Å². The van der Waals surface area contributed by atoms with Gasteiger partial charge in [-0.25, -0.2) is 4.79 Å². The van der Waals surface area contributed by atoms with E-state index in [1.54, 1.807) is 13.0 Å². The van der Waals surface area contributed by atoms with Gasteiger partial charge < -0.3 is 10.4 Å². The molecule has 1 aromatic rings. The van der Waals surface area contributed by atoms with Gasteiger partial charge in [0.05, 0.1) is 5.56 Å². The molecule has 0 aromatic heterocycles. The summed E-state index contributed by atoms with van der Waals surface area (Å²) in [6.07, 6.45) is 0.150. The third-order valence-corrected chi connectivity index (χ3v) is 3.53. The van der Waals surface area contributed by atoms with Crippen molar-refractivity contribution in [3.05, 3.63) is 35.4 Å². The maximum Gasteiger partial charge on any atom is 0.327 e. The van der Waals surface area contributed by atoms with Gasteiger partial charge in [-0.3, -0.25) is 14.1 Å². The Bertz CT molecular complexity index is 696. The molecule has 0 fully saturated rings. The van der Waals surface area contributed by atoms with Crippen LogP contribution in [0.15, 0.2) is 24.3 Å². The predicted octanol–water partition coefficient (Wildman–Crippen LogP) is 0.350. The van der Waals surface area contributed by atoms with E-state index in [1.807, 2.05) is 5.32 Å². The van der Waals surface area contributed by atoms with Crippen molar-refractivity contribution in [1.82, 2.24) is 5.32 Å². The quantitative estimate of drug-likeness (QED) is 0.484. The van der Waals surface area contributed by atoms with Gasteiger partial charge in [0.25, 0.3) is 16.0 Å². The summed E-state index contributed by atoms with van der Waals surface area (Å²) in [5.74, 6) is -4.01. The van der Waals surface area contributed by atoms with Crippen LogP contribution in [0.2, 0.25) is 0 Å². The highest BCUT2D eigenvalue weighted by Gasteiger charge is 2.27. The zero-order chi connectivity index (χ0) is 16.9. The lowest BCUT2D eigenvalue weighted by molar-refractivity contribution is -0.138. The van der Waals surface area contributed by atoms with Gasteiger partial charge >= 0.3 is 5.97 Å². The minimum Gasteiger partial charge on any atom is -0.480 e. The molecule has 0 aliphatic carbocycles. The van der Waals surface area contributed by atoms with Crippen molar-refractivity contribution in [3.63, 3.8) is 0 Å². The summed E-state index contributed by atoms with van der Waals surface area (Å²) in [4.78, 5) is 34.8. The molecule has 3 N–H and O–H groups in total. The number of Topliss-reactive ketones (excluding diaryl/α,β-unsaturated/α-hetero) is 1. The molecule has 120 valence electrons. The Morgan fingerprint density at radius 1 is 1.18 bits per heavy atom. The van der Waals surface area contributed by atoms with E-state index in [4.69, 9.17) is 9.66 Å². The van der Waals surface area contributed by atoms with Crippen molar-refractivity contribution in [3.8, 4) is 0 Å². The summed E-state index contributed by atoms with van der Waals surface area (Å²) in [5.41, 5.74) is 0.0504.